The minimum absolute atomic E-state index is 0.105. The van der Waals surface area contributed by atoms with Gasteiger partial charge in [-0.25, -0.2) is 23.1 Å². The first-order valence-corrected chi connectivity index (χ1v) is 8.94. The van der Waals surface area contributed by atoms with Crippen molar-refractivity contribution < 1.29 is 8.42 Å². The molecule has 23 heavy (non-hydrogen) atoms. The second kappa shape index (κ2) is 6.66. The second-order valence-electron chi connectivity index (χ2n) is 4.99. The summed E-state index contributed by atoms with van der Waals surface area (Å²) in [5.41, 5.74) is 1.02. The highest BCUT2D eigenvalue weighted by Crippen LogP contribution is 2.11. The number of fused-ring (bicyclic) bond motifs is 1. The quantitative estimate of drug-likeness (QED) is 0.546. The van der Waals surface area contributed by atoms with Gasteiger partial charge in [-0.05, 0) is 30.7 Å². The van der Waals surface area contributed by atoms with Crippen molar-refractivity contribution in [2.75, 3.05) is 6.54 Å². The molecule has 120 valence electrons. The molecule has 1 N–H and O–H groups in total. The van der Waals surface area contributed by atoms with Crippen LogP contribution in [0.1, 0.15) is 12.2 Å². The first kappa shape index (κ1) is 15.9. The fraction of sp³-hybridized carbons (Fsp3) is 0.200. The van der Waals surface area contributed by atoms with Crippen LogP contribution in [0.3, 0.4) is 0 Å². The zero-order chi connectivity index (χ0) is 16.3. The lowest BCUT2D eigenvalue weighted by molar-refractivity contribution is 0.577. The van der Waals surface area contributed by atoms with E-state index in [-0.39, 0.29) is 10.0 Å². The molecule has 0 saturated heterocycles. The number of nitrogens with zero attached hydrogens (tertiary/aromatic N) is 3. The number of rotatable bonds is 6. The summed E-state index contributed by atoms with van der Waals surface area (Å²) in [5, 5.41) is 0.259. The average Bonchev–Trinajstić information content (AvgIpc) is 2.95. The van der Waals surface area contributed by atoms with Crippen LogP contribution < -0.4 is 4.72 Å². The lowest BCUT2D eigenvalue weighted by atomic mass is 10.3. The van der Waals surface area contributed by atoms with Crippen LogP contribution in [0.15, 0.2) is 53.8 Å². The van der Waals surface area contributed by atoms with Gasteiger partial charge < -0.3 is 4.40 Å². The van der Waals surface area contributed by atoms with E-state index >= 15 is 0 Å². The largest absolute Gasteiger partial charge is 0.304 e. The Bertz CT molecular complexity index is 907. The van der Waals surface area contributed by atoms with Crippen molar-refractivity contribution in [2.24, 2.45) is 0 Å². The van der Waals surface area contributed by atoms with Crippen LogP contribution in [0.2, 0.25) is 5.15 Å². The molecule has 0 amide bonds. The Labute approximate surface area is 139 Å². The third-order valence-electron chi connectivity index (χ3n) is 3.40. The maximum Gasteiger partial charge on any atom is 0.242 e. The summed E-state index contributed by atoms with van der Waals surface area (Å²) in [6.07, 6.45) is 6.32. The fourth-order valence-corrected chi connectivity index (χ4v) is 3.37. The van der Waals surface area contributed by atoms with Crippen molar-refractivity contribution in [3.63, 3.8) is 0 Å². The number of aromatic nitrogens is 3. The summed E-state index contributed by atoms with van der Waals surface area (Å²) in [6, 6.07) is 8.75. The summed E-state index contributed by atoms with van der Waals surface area (Å²) in [6.45, 7) is 0.326. The Hall–Kier alpha value is -1.96. The number of sulfonamides is 1. The lowest BCUT2D eigenvalue weighted by Crippen LogP contribution is -2.25. The molecular weight excluding hydrogens is 336 g/mol. The molecule has 0 fully saturated rings. The van der Waals surface area contributed by atoms with Crippen LogP contribution in [0, 0.1) is 0 Å². The molecule has 3 aromatic heterocycles. The Balaban J connectivity index is 1.58. The van der Waals surface area contributed by atoms with E-state index in [2.05, 4.69) is 14.7 Å². The van der Waals surface area contributed by atoms with Gasteiger partial charge in [-0.15, -0.1) is 0 Å². The molecular formula is C15H15ClN4O2S. The first-order valence-electron chi connectivity index (χ1n) is 7.08. The molecule has 0 bridgehead atoms. The van der Waals surface area contributed by atoms with Crippen LogP contribution in [0.5, 0.6) is 0 Å². The molecule has 0 unspecified atom stereocenters. The Morgan fingerprint density at radius 3 is 2.78 bits per heavy atom. The SMILES string of the molecule is O=S(=O)(NCCCc1ncc2ccccn12)c1ccc(Cl)nc1. The molecule has 6 nitrogen and oxygen atoms in total. The third-order valence-corrected chi connectivity index (χ3v) is 5.06. The predicted molar refractivity (Wildman–Crippen MR) is 87.9 cm³/mol. The summed E-state index contributed by atoms with van der Waals surface area (Å²) < 4.78 is 28.8. The van der Waals surface area contributed by atoms with Gasteiger partial charge in [0.25, 0.3) is 0 Å². The highest BCUT2D eigenvalue weighted by Gasteiger charge is 2.13. The van der Waals surface area contributed by atoms with Gasteiger partial charge in [0.05, 0.1) is 11.7 Å². The van der Waals surface area contributed by atoms with Crippen molar-refractivity contribution in [1.82, 2.24) is 19.1 Å². The van der Waals surface area contributed by atoms with Crippen LogP contribution in [-0.4, -0.2) is 29.3 Å². The average molecular weight is 351 g/mol. The number of aryl methyl sites for hydroxylation is 1. The fourth-order valence-electron chi connectivity index (χ4n) is 2.24. The third kappa shape index (κ3) is 3.69. The second-order valence-corrected chi connectivity index (χ2v) is 7.14. The monoisotopic (exact) mass is 350 g/mol. The van der Waals surface area contributed by atoms with Crippen LogP contribution >= 0.6 is 11.6 Å². The maximum absolute atomic E-state index is 12.1. The topological polar surface area (TPSA) is 76.4 Å². The van der Waals surface area contributed by atoms with E-state index in [0.29, 0.717) is 19.4 Å². The molecule has 0 radical (unpaired) electrons. The van der Waals surface area contributed by atoms with Crippen molar-refractivity contribution in [1.29, 1.82) is 0 Å². The highest BCUT2D eigenvalue weighted by atomic mass is 35.5. The standard InChI is InChI=1S/C15H15ClN4O2S/c16-14-7-6-13(11-17-14)23(21,22)19-8-3-5-15-18-10-12-4-1-2-9-20(12)15/h1-2,4,6-7,9-11,19H,3,5,8H2. The van der Waals surface area contributed by atoms with Crippen LogP contribution in [0.25, 0.3) is 5.52 Å². The molecule has 3 aromatic rings. The molecule has 0 aliphatic heterocycles. The lowest BCUT2D eigenvalue weighted by Gasteiger charge is -2.06. The van der Waals surface area contributed by atoms with Gasteiger partial charge in [0.2, 0.25) is 10.0 Å². The number of imidazole rings is 1. The molecule has 0 aliphatic rings. The summed E-state index contributed by atoms with van der Waals surface area (Å²) >= 11 is 5.66. The van der Waals surface area contributed by atoms with E-state index in [4.69, 9.17) is 11.6 Å². The number of halogens is 1. The maximum atomic E-state index is 12.1. The van der Waals surface area contributed by atoms with Crippen LogP contribution in [0.4, 0.5) is 0 Å². The number of hydrogen-bond acceptors (Lipinski definition) is 4. The summed E-state index contributed by atoms with van der Waals surface area (Å²) in [7, 11) is -3.56. The van der Waals surface area contributed by atoms with Crippen LogP contribution in [-0.2, 0) is 16.4 Å². The van der Waals surface area contributed by atoms with Gasteiger partial charge in [-0.1, -0.05) is 17.7 Å². The Morgan fingerprint density at radius 2 is 2.00 bits per heavy atom. The smallest absolute Gasteiger partial charge is 0.242 e. The van der Waals surface area contributed by atoms with E-state index in [1.165, 1.54) is 18.3 Å². The van der Waals surface area contributed by atoms with Crippen molar-refractivity contribution in [2.45, 2.75) is 17.7 Å². The first-order chi connectivity index (χ1) is 11.1. The summed E-state index contributed by atoms with van der Waals surface area (Å²) in [4.78, 5) is 8.24. The van der Waals surface area contributed by atoms with Crippen molar-refractivity contribution in [3.8, 4) is 0 Å². The zero-order valence-electron chi connectivity index (χ0n) is 12.2. The van der Waals surface area contributed by atoms with E-state index in [1.54, 1.807) is 6.20 Å². The molecule has 0 saturated carbocycles. The number of nitrogens with one attached hydrogen (secondary N) is 1. The van der Waals surface area contributed by atoms with Gasteiger partial charge in [0.1, 0.15) is 15.9 Å². The highest BCUT2D eigenvalue weighted by molar-refractivity contribution is 7.89. The van der Waals surface area contributed by atoms with E-state index in [1.807, 2.05) is 28.8 Å². The summed E-state index contributed by atoms with van der Waals surface area (Å²) in [5.74, 6) is 0.910. The number of pyridine rings is 2. The van der Waals surface area contributed by atoms with E-state index in [0.717, 1.165) is 11.3 Å². The van der Waals surface area contributed by atoms with Gasteiger partial charge >= 0.3 is 0 Å². The number of hydrogen-bond donors (Lipinski definition) is 1. The van der Waals surface area contributed by atoms with E-state index < -0.39 is 10.0 Å². The minimum atomic E-state index is -3.56. The Kier molecular flexibility index (Phi) is 4.61. The van der Waals surface area contributed by atoms with Crippen molar-refractivity contribution in [3.05, 3.63) is 59.9 Å². The Morgan fingerprint density at radius 1 is 1.13 bits per heavy atom. The van der Waals surface area contributed by atoms with Gasteiger partial charge in [-0.2, -0.15) is 0 Å². The molecule has 0 atom stereocenters. The van der Waals surface area contributed by atoms with Gasteiger partial charge in [0.15, 0.2) is 0 Å². The van der Waals surface area contributed by atoms with Gasteiger partial charge in [0, 0.05) is 25.4 Å². The molecule has 0 aliphatic carbocycles. The zero-order valence-corrected chi connectivity index (χ0v) is 13.8. The molecule has 3 rings (SSSR count). The van der Waals surface area contributed by atoms with Gasteiger partial charge in [-0.3, -0.25) is 0 Å². The van der Waals surface area contributed by atoms with E-state index in [9.17, 15) is 8.42 Å². The molecule has 0 spiro atoms. The predicted octanol–water partition coefficient (Wildman–Crippen LogP) is 2.29. The normalized spacial score (nSPS) is 11.9. The molecule has 8 heteroatoms. The minimum Gasteiger partial charge on any atom is -0.304 e. The van der Waals surface area contributed by atoms with Crippen molar-refractivity contribution >= 4 is 27.1 Å². The molecule has 0 aromatic carbocycles. The molecule has 3 heterocycles.